The summed E-state index contributed by atoms with van der Waals surface area (Å²) in [6, 6.07) is 4.84. The standard InChI is InChI=1S/C19H28F3N3O/c1-13-7-14(2)11-25(10-13)12-15(3)24-18(26)9-23-17-6-4-5-16(8-17)19(20,21)22/h4-6,8,13-15,23H,7,9-12H2,1-3H3,(H,24,26). The van der Waals surface area contributed by atoms with Crippen molar-refractivity contribution in [1.82, 2.24) is 10.2 Å². The maximum atomic E-state index is 12.7. The minimum atomic E-state index is -4.39. The Kier molecular flexibility index (Phi) is 6.92. The molecule has 0 aromatic heterocycles. The van der Waals surface area contributed by atoms with Gasteiger partial charge in [-0.25, -0.2) is 0 Å². The topological polar surface area (TPSA) is 44.4 Å². The van der Waals surface area contributed by atoms with Crippen molar-refractivity contribution in [3.05, 3.63) is 29.8 Å². The maximum Gasteiger partial charge on any atom is 0.416 e. The van der Waals surface area contributed by atoms with Crippen molar-refractivity contribution < 1.29 is 18.0 Å². The molecule has 26 heavy (non-hydrogen) atoms. The average Bonchev–Trinajstić information content (AvgIpc) is 2.51. The molecule has 2 rings (SSSR count). The Morgan fingerprint density at radius 3 is 2.54 bits per heavy atom. The lowest BCUT2D eigenvalue weighted by atomic mass is 9.92. The van der Waals surface area contributed by atoms with Gasteiger partial charge in [0, 0.05) is 31.4 Å². The van der Waals surface area contributed by atoms with Crippen LogP contribution in [0.1, 0.15) is 32.8 Å². The van der Waals surface area contributed by atoms with Gasteiger partial charge in [-0.3, -0.25) is 4.79 Å². The Hall–Kier alpha value is -1.76. The Morgan fingerprint density at radius 2 is 1.92 bits per heavy atom. The molecular weight excluding hydrogens is 343 g/mol. The van der Waals surface area contributed by atoms with E-state index in [1.165, 1.54) is 18.6 Å². The second-order valence-electron chi connectivity index (χ2n) is 7.57. The fourth-order valence-corrected chi connectivity index (χ4v) is 3.69. The number of rotatable bonds is 6. The monoisotopic (exact) mass is 371 g/mol. The lowest BCUT2D eigenvalue weighted by Crippen LogP contribution is -2.47. The number of benzene rings is 1. The molecule has 1 heterocycles. The second kappa shape index (κ2) is 8.75. The molecule has 0 radical (unpaired) electrons. The van der Waals surface area contributed by atoms with Crippen molar-refractivity contribution in [3.8, 4) is 0 Å². The van der Waals surface area contributed by atoms with Gasteiger partial charge in [0.25, 0.3) is 0 Å². The van der Waals surface area contributed by atoms with E-state index in [0.29, 0.717) is 11.8 Å². The molecule has 3 unspecified atom stereocenters. The molecule has 4 nitrogen and oxygen atoms in total. The smallest absolute Gasteiger partial charge is 0.376 e. The van der Waals surface area contributed by atoms with Gasteiger partial charge in [-0.2, -0.15) is 13.2 Å². The molecule has 0 bridgehead atoms. The van der Waals surface area contributed by atoms with Crippen LogP contribution >= 0.6 is 0 Å². The van der Waals surface area contributed by atoms with E-state index in [9.17, 15) is 18.0 Å². The van der Waals surface area contributed by atoms with Gasteiger partial charge in [-0.05, 0) is 43.4 Å². The van der Waals surface area contributed by atoms with Gasteiger partial charge in [0.05, 0.1) is 12.1 Å². The Labute approximate surface area is 153 Å². The van der Waals surface area contributed by atoms with Gasteiger partial charge in [0.1, 0.15) is 0 Å². The molecule has 1 saturated heterocycles. The van der Waals surface area contributed by atoms with E-state index in [2.05, 4.69) is 29.4 Å². The zero-order chi connectivity index (χ0) is 19.3. The fraction of sp³-hybridized carbons (Fsp3) is 0.632. The molecule has 7 heteroatoms. The van der Waals surface area contributed by atoms with Crippen molar-refractivity contribution in [1.29, 1.82) is 0 Å². The Balaban J connectivity index is 1.78. The van der Waals surface area contributed by atoms with E-state index >= 15 is 0 Å². The molecule has 0 spiro atoms. The summed E-state index contributed by atoms with van der Waals surface area (Å²) in [6.07, 6.45) is -3.16. The van der Waals surface area contributed by atoms with E-state index < -0.39 is 11.7 Å². The molecule has 3 atom stereocenters. The zero-order valence-corrected chi connectivity index (χ0v) is 15.6. The number of hydrogen-bond donors (Lipinski definition) is 2. The van der Waals surface area contributed by atoms with Crippen molar-refractivity contribution in [2.45, 2.75) is 39.4 Å². The van der Waals surface area contributed by atoms with Crippen molar-refractivity contribution in [3.63, 3.8) is 0 Å². The molecule has 1 fully saturated rings. The number of likely N-dealkylation sites (tertiary alicyclic amines) is 1. The van der Waals surface area contributed by atoms with Gasteiger partial charge in [0.2, 0.25) is 5.91 Å². The van der Waals surface area contributed by atoms with Gasteiger partial charge < -0.3 is 15.5 Å². The number of alkyl halides is 3. The number of amides is 1. The molecular formula is C19H28F3N3O. The number of nitrogens with one attached hydrogen (secondary N) is 2. The van der Waals surface area contributed by atoms with E-state index in [1.54, 1.807) is 0 Å². The maximum absolute atomic E-state index is 12.7. The highest BCUT2D eigenvalue weighted by Crippen LogP contribution is 2.30. The van der Waals surface area contributed by atoms with Crippen molar-refractivity contribution in [2.24, 2.45) is 11.8 Å². The van der Waals surface area contributed by atoms with E-state index in [4.69, 9.17) is 0 Å². The number of carbonyl (C=O) groups excluding carboxylic acids is 1. The molecule has 1 aromatic carbocycles. The SMILES string of the molecule is CC1CC(C)CN(CC(C)NC(=O)CNc2cccc(C(F)(F)F)c2)C1. The van der Waals surface area contributed by atoms with Crippen LogP contribution in [0.2, 0.25) is 0 Å². The molecule has 1 aliphatic rings. The van der Waals surface area contributed by atoms with Crippen molar-refractivity contribution >= 4 is 11.6 Å². The van der Waals surface area contributed by atoms with E-state index in [1.807, 2.05) is 6.92 Å². The van der Waals surface area contributed by atoms with Crippen LogP contribution in [0.15, 0.2) is 24.3 Å². The van der Waals surface area contributed by atoms with Crippen LogP contribution in [-0.2, 0) is 11.0 Å². The Bertz CT molecular complexity index is 596. The number of piperidine rings is 1. The molecule has 2 N–H and O–H groups in total. The number of anilines is 1. The van der Waals surface area contributed by atoms with Crippen LogP contribution in [0, 0.1) is 11.8 Å². The lowest BCUT2D eigenvalue weighted by molar-refractivity contribution is -0.137. The highest BCUT2D eigenvalue weighted by atomic mass is 19.4. The molecule has 1 aromatic rings. The first kappa shape index (κ1) is 20.6. The summed E-state index contributed by atoms with van der Waals surface area (Å²) in [4.78, 5) is 14.4. The number of hydrogen-bond acceptors (Lipinski definition) is 3. The van der Waals surface area contributed by atoms with Crippen LogP contribution in [-0.4, -0.2) is 43.0 Å². The fourth-order valence-electron chi connectivity index (χ4n) is 3.69. The van der Waals surface area contributed by atoms with E-state index in [0.717, 1.165) is 31.8 Å². The highest BCUT2D eigenvalue weighted by molar-refractivity contribution is 5.81. The second-order valence-corrected chi connectivity index (χ2v) is 7.57. The summed E-state index contributed by atoms with van der Waals surface area (Å²) in [5, 5.41) is 5.66. The largest absolute Gasteiger partial charge is 0.416 e. The third kappa shape index (κ3) is 6.52. The zero-order valence-electron chi connectivity index (χ0n) is 15.6. The first-order valence-electron chi connectivity index (χ1n) is 9.06. The predicted molar refractivity (Wildman–Crippen MR) is 96.9 cm³/mol. The third-order valence-corrected chi connectivity index (χ3v) is 4.53. The van der Waals surface area contributed by atoms with Gasteiger partial charge in [-0.15, -0.1) is 0 Å². The third-order valence-electron chi connectivity index (χ3n) is 4.53. The summed E-state index contributed by atoms with van der Waals surface area (Å²) < 4.78 is 38.1. The van der Waals surface area contributed by atoms with Crippen LogP contribution < -0.4 is 10.6 Å². The number of nitrogens with zero attached hydrogens (tertiary/aromatic N) is 1. The summed E-state index contributed by atoms with van der Waals surface area (Å²) in [5.74, 6) is 1.08. The van der Waals surface area contributed by atoms with Gasteiger partial charge >= 0.3 is 6.18 Å². The minimum Gasteiger partial charge on any atom is -0.376 e. The minimum absolute atomic E-state index is 0.0108. The Morgan fingerprint density at radius 1 is 1.27 bits per heavy atom. The van der Waals surface area contributed by atoms with Gasteiger partial charge in [0.15, 0.2) is 0 Å². The summed E-state index contributed by atoms with van der Waals surface area (Å²) in [5.41, 5.74) is -0.453. The van der Waals surface area contributed by atoms with Crippen LogP contribution in [0.25, 0.3) is 0 Å². The molecule has 146 valence electrons. The highest BCUT2D eigenvalue weighted by Gasteiger charge is 2.30. The average molecular weight is 371 g/mol. The number of halogens is 3. The summed E-state index contributed by atoms with van der Waals surface area (Å²) >= 11 is 0. The van der Waals surface area contributed by atoms with E-state index in [-0.39, 0.29) is 24.2 Å². The normalized spacial score (nSPS) is 22.7. The van der Waals surface area contributed by atoms with Crippen LogP contribution in [0.3, 0.4) is 0 Å². The summed E-state index contributed by atoms with van der Waals surface area (Å²) in [6.45, 7) is 9.23. The first-order chi connectivity index (χ1) is 12.1. The van der Waals surface area contributed by atoms with Crippen LogP contribution in [0.5, 0.6) is 0 Å². The number of carbonyl (C=O) groups is 1. The predicted octanol–water partition coefficient (Wildman–Crippen LogP) is 3.60. The molecule has 0 aliphatic carbocycles. The van der Waals surface area contributed by atoms with Crippen LogP contribution in [0.4, 0.5) is 18.9 Å². The quantitative estimate of drug-likeness (QED) is 0.803. The summed E-state index contributed by atoms with van der Waals surface area (Å²) in [7, 11) is 0. The van der Waals surface area contributed by atoms with Gasteiger partial charge in [-0.1, -0.05) is 19.9 Å². The molecule has 1 aliphatic heterocycles. The molecule has 0 saturated carbocycles. The first-order valence-corrected chi connectivity index (χ1v) is 9.06. The molecule has 1 amide bonds. The lowest BCUT2D eigenvalue weighted by Gasteiger charge is -2.36. The van der Waals surface area contributed by atoms with Crippen molar-refractivity contribution in [2.75, 3.05) is 31.5 Å².